The molecular weight excluding hydrogens is 353 g/mol. The second-order valence-electron chi connectivity index (χ2n) is 6.90. The summed E-state index contributed by atoms with van der Waals surface area (Å²) in [7, 11) is -3.88. The molecule has 0 unspecified atom stereocenters. The van der Waals surface area contributed by atoms with Gasteiger partial charge in [-0.2, -0.15) is 5.10 Å². The van der Waals surface area contributed by atoms with Gasteiger partial charge in [-0.15, -0.1) is 0 Å². The summed E-state index contributed by atoms with van der Waals surface area (Å²) >= 11 is 5.71. The smallest absolute Gasteiger partial charge is 0.265 e. The highest BCUT2D eigenvalue weighted by molar-refractivity contribution is 7.92. The van der Waals surface area contributed by atoms with Gasteiger partial charge in [0.1, 0.15) is 10.7 Å². The topological polar surface area (TPSA) is 64.0 Å². The van der Waals surface area contributed by atoms with Crippen molar-refractivity contribution < 1.29 is 12.8 Å². The third-order valence-corrected chi connectivity index (χ3v) is 5.07. The van der Waals surface area contributed by atoms with Gasteiger partial charge in [0.2, 0.25) is 0 Å². The van der Waals surface area contributed by atoms with Crippen LogP contribution >= 0.6 is 11.6 Å². The zero-order valence-electron chi connectivity index (χ0n) is 14.3. The lowest BCUT2D eigenvalue weighted by Gasteiger charge is -2.18. The van der Waals surface area contributed by atoms with E-state index in [1.807, 2.05) is 34.6 Å². The summed E-state index contributed by atoms with van der Waals surface area (Å²) in [5, 5.41) is 4.28. The van der Waals surface area contributed by atoms with Crippen LogP contribution < -0.4 is 4.72 Å². The molecule has 0 spiro atoms. The molecular formula is C16H21ClFN3O2S. The molecule has 1 aromatic heterocycles. The minimum atomic E-state index is -3.88. The van der Waals surface area contributed by atoms with Gasteiger partial charge in [0.25, 0.3) is 10.0 Å². The number of anilines is 1. The highest BCUT2D eigenvalue weighted by atomic mass is 35.5. The van der Waals surface area contributed by atoms with Crippen LogP contribution in [0, 0.1) is 5.82 Å². The number of rotatable bonds is 4. The fourth-order valence-electron chi connectivity index (χ4n) is 2.13. The first-order valence-electron chi connectivity index (χ1n) is 7.49. The van der Waals surface area contributed by atoms with E-state index in [1.54, 1.807) is 4.68 Å². The van der Waals surface area contributed by atoms with E-state index in [9.17, 15) is 12.8 Å². The van der Waals surface area contributed by atoms with Gasteiger partial charge in [0.05, 0.1) is 16.4 Å². The Morgan fingerprint density at radius 2 is 1.92 bits per heavy atom. The fraction of sp³-hybridized carbons (Fsp3) is 0.438. The Labute approximate surface area is 146 Å². The molecule has 0 radical (unpaired) electrons. The van der Waals surface area contributed by atoms with Crippen LogP contribution in [0.25, 0.3) is 0 Å². The Morgan fingerprint density at radius 1 is 1.29 bits per heavy atom. The number of sulfonamides is 1. The van der Waals surface area contributed by atoms with Gasteiger partial charge in [0.15, 0.2) is 0 Å². The van der Waals surface area contributed by atoms with Crippen LogP contribution in [0.15, 0.2) is 29.3 Å². The van der Waals surface area contributed by atoms with E-state index in [-0.39, 0.29) is 21.6 Å². The monoisotopic (exact) mass is 373 g/mol. The average Bonchev–Trinajstić information content (AvgIpc) is 2.89. The summed E-state index contributed by atoms with van der Waals surface area (Å²) < 4.78 is 42.9. The lowest BCUT2D eigenvalue weighted by atomic mass is 9.92. The van der Waals surface area contributed by atoms with Crippen molar-refractivity contribution in [2.75, 3.05) is 4.72 Å². The van der Waals surface area contributed by atoms with Crippen LogP contribution in [0.3, 0.4) is 0 Å². The Balaban J connectivity index is 2.50. The molecule has 0 aliphatic rings. The van der Waals surface area contributed by atoms with Gasteiger partial charge in [-0.1, -0.05) is 32.4 Å². The lowest BCUT2D eigenvalue weighted by molar-refractivity contribution is 0.493. The number of hydrogen-bond donors (Lipinski definition) is 1. The van der Waals surface area contributed by atoms with E-state index in [0.717, 1.165) is 6.07 Å². The molecule has 8 heteroatoms. The van der Waals surface area contributed by atoms with Crippen LogP contribution in [0.5, 0.6) is 0 Å². The highest BCUT2D eigenvalue weighted by Crippen LogP contribution is 2.30. The van der Waals surface area contributed by atoms with Crippen molar-refractivity contribution in [2.24, 2.45) is 0 Å². The van der Waals surface area contributed by atoms with Gasteiger partial charge in [-0.05, 0) is 32.0 Å². The first-order chi connectivity index (χ1) is 10.9. The minimum absolute atomic E-state index is 0.0234. The van der Waals surface area contributed by atoms with E-state index in [0.29, 0.717) is 5.69 Å². The van der Waals surface area contributed by atoms with Crippen molar-refractivity contribution in [3.05, 3.63) is 40.9 Å². The summed E-state index contributed by atoms with van der Waals surface area (Å²) in [5.41, 5.74) is 0.209. The molecule has 2 aromatic rings. The van der Waals surface area contributed by atoms with Crippen LogP contribution in [0.2, 0.25) is 5.02 Å². The molecule has 0 fully saturated rings. The normalized spacial score (nSPS) is 12.7. The SMILES string of the molecule is CC(C)n1cc(S(=O)(=O)Nc2ccc(F)c(Cl)c2)c(C(C)(C)C)n1. The third-order valence-electron chi connectivity index (χ3n) is 3.40. The summed E-state index contributed by atoms with van der Waals surface area (Å²) in [6.07, 6.45) is 1.51. The van der Waals surface area contributed by atoms with Crippen molar-refractivity contribution in [1.29, 1.82) is 0 Å². The van der Waals surface area contributed by atoms with E-state index in [1.165, 1.54) is 18.3 Å². The van der Waals surface area contributed by atoms with Crippen molar-refractivity contribution in [3.8, 4) is 0 Å². The number of halogens is 2. The van der Waals surface area contributed by atoms with E-state index < -0.39 is 21.3 Å². The van der Waals surface area contributed by atoms with Gasteiger partial charge in [-0.25, -0.2) is 12.8 Å². The molecule has 0 saturated heterocycles. The summed E-state index contributed by atoms with van der Waals surface area (Å²) in [4.78, 5) is 0.101. The molecule has 0 aliphatic carbocycles. The molecule has 132 valence electrons. The summed E-state index contributed by atoms with van der Waals surface area (Å²) in [5.74, 6) is -0.609. The molecule has 0 saturated carbocycles. The number of nitrogens with zero attached hydrogens (tertiary/aromatic N) is 2. The maximum atomic E-state index is 13.2. The van der Waals surface area contributed by atoms with Crippen LogP contribution in [-0.2, 0) is 15.4 Å². The highest BCUT2D eigenvalue weighted by Gasteiger charge is 2.30. The van der Waals surface area contributed by atoms with Crippen LogP contribution in [0.1, 0.15) is 46.4 Å². The Morgan fingerprint density at radius 3 is 2.42 bits per heavy atom. The number of benzene rings is 1. The number of nitrogens with one attached hydrogen (secondary N) is 1. The van der Waals surface area contributed by atoms with E-state index >= 15 is 0 Å². The third kappa shape index (κ3) is 3.89. The number of hydrogen-bond acceptors (Lipinski definition) is 3. The maximum absolute atomic E-state index is 13.2. The molecule has 0 aliphatic heterocycles. The quantitative estimate of drug-likeness (QED) is 0.866. The zero-order valence-corrected chi connectivity index (χ0v) is 15.8. The zero-order chi connectivity index (χ0) is 18.3. The first kappa shape index (κ1) is 18.7. The molecule has 24 heavy (non-hydrogen) atoms. The minimum Gasteiger partial charge on any atom is -0.279 e. The Bertz CT molecular complexity index is 855. The van der Waals surface area contributed by atoms with Crippen molar-refractivity contribution >= 4 is 27.3 Å². The van der Waals surface area contributed by atoms with Gasteiger partial charge < -0.3 is 0 Å². The molecule has 1 aromatic carbocycles. The molecule has 1 N–H and O–H groups in total. The summed E-state index contributed by atoms with van der Waals surface area (Å²) in [6, 6.07) is 3.69. The first-order valence-corrected chi connectivity index (χ1v) is 9.35. The second-order valence-corrected chi connectivity index (χ2v) is 8.96. The van der Waals surface area contributed by atoms with Crippen LogP contribution in [0.4, 0.5) is 10.1 Å². The second kappa shape index (κ2) is 6.37. The molecule has 2 rings (SSSR count). The number of aromatic nitrogens is 2. The van der Waals surface area contributed by atoms with Crippen LogP contribution in [-0.4, -0.2) is 18.2 Å². The Kier molecular flexibility index (Phi) is 4.97. The molecule has 5 nitrogen and oxygen atoms in total. The largest absolute Gasteiger partial charge is 0.279 e. The predicted octanol–water partition coefficient (Wildman–Crippen LogP) is 4.35. The van der Waals surface area contributed by atoms with Crippen molar-refractivity contribution in [2.45, 2.75) is 51.0 Å². The molecule has 0 bridgehead atoms. The maximum Gasteiger partial charge on any atom is 0.265 e. The average molecular weight is 374 g/mol. The molecule has 0 atom stereocenters. The van der Waals surface area contributed by atoms with Gasteiger partial charge >= 0.3 is 0 Å². The standard InChI is InChI=1S/C16H21ClFN3O2S/c1-10(2)21-9-14(15(19-21)16(3,4)5)24(22,23)20-11-6-7-13(18)12(17)8-11/h6-10,20H,1-5H3. The van der Waals surface area contributed by atoms with E-state index in [4.69, 9.17) is 11.6 Å². The van der Waals surface area contributed by atoms with Crippen molar-refractivity contribution in [1.82, 2.24) is 9.78 Å². The van der Waals surface area contributed by atoms with Crippen molar-refractivity contribution in [3.63, 3.8) is 0 Å². The fourth-order valence-corrected chi connectivity index (χ4v) is 3.70. The Hall–Kier alpha value is -1.60. The molecule has 1 heterocycles. The van der Waals surface area contributed by atoms with Gasteiger partial charge in [0, 0.05) is 17.7 Å². The predicted molar refractivity (Wildman–Crippen MR) is 93.5 cm³/mol. The van der Waals surface area contributed by atoms with Gasteiger partial charge in [-0.3, -0.25) is 9.40 Å². The lowest BCUT2D eigenvalue weighted by Crippen LogP contribution is -2.20. The summed E-state index contributed by atoms with van der Waals surface area (Å²) in [6.45, 7) is 9.53. The molecule has 0 amide bonds. The van der Waals surface area contributed by atoms with E-state index in [2.05, 4.69) is 9.82 Å².